The zero-order chi connectivity index (χ0) is 45.0. The fourth-order valence-corrected chi connectivity index (χ4v) is 12.2. The summed E-state index contributed by atoms with van der Waals surface area (Å²) in [5, 5.41) is 28.6. The van der Waals surface area contributed by atoms with E-state index in [1.807, 2.05) is 0 Å². The summed E-state index contributed by atoms with van der Waals surface area (Å²) in [4.78, 5) is 68.8. The Morgan fingerprint density at radius 2 is 1.48 bits per heavy atom. The number of aliphatic hydroxyl groups excluding tert-OH is 1. The summed E-state index contributed by atoms with van der Waals surface area (Å²) >= 11 is -2.84. The van der Waals surface area contributed by atoms with Crippen molar-refractivity contribution in [2.24, 2.45) is 22.7 Å². The number of carbonyl (C=O) groups is 5. The predicted octanol–water partition coefficient (Wildman–Crippen LogP) is -0.914. The van der Waals surface area contributed by atoms with E-state index in [1.54, 1.807) is 126 Å². The molecule has 0 spiro atoms. The van der Waals surface area contributed by atoms with Crippen molar-refractivity contribution in [3.05, 3.63) is 119 Å². The second-order valence-electron chi connectivity index (χ2n) is 17.0. The number of amides is 1. The normalized spacial score (nSPS) is 29.0. The molecular formula is C47H55I2NO12-2. The third-order valence-corrected chi connectivity index (χ3v) is 16.7. The van der Waals surface area contributed by atoms with Gasteiger partial charge in [0, 0.05) is 0 Å². The maximum atomic E-state index is 15.1. The molecule has 2 saturated carbocycles. The molecule has 3 aliphatic carbocycles. The van der Waals surface area contributed by atoms with Gasteiger partial charge in [-0.1, -0.05) is 6.07 Å². The molecule has 0 radical (unpaired) electrons. The summed E-state index contributed by atoms with van der Waals surface area (Å²) in [6, 6.07) is 24.6. The van der Waals surface area contributed by atoms with Crippen LogP contribution in [-0.4, -0.2) is 88.2 Å². The number of fused-ring (bicyclic) bond motifs is 3. The second kappa shape index (κ2) is 20.0. The molecule has 15 heteroatoms. The van der Waals surface area contributed by atoms with Crippen LogP contribution in [0.3, 0.4) is 0 Å². The summed E-state index contributed by atoms with van der Waals surface area (Å²) in [5.74, 6) is -4.58. The Bertz CT molecular complexity index is 2140. The van der Waals surface area contributed by atoms with Crippen LogP contribution in [0.4, 0.5) is 0 Å². The van der Waals surface area contributed by atoms with E-state index < -0.39 is 124 Å². The molecule has 3 aromatic carbocycles. The molecule has 336 valence electrons. The SMILES string of the molecule is CC(=O)O[I-]CCO[C@@H]1CC(O)C2(C)C(=O)C(C)C3=C(C)C(OC(=O)C([I-]O)C(NC(=O)c4ccccc4)c4ccccc4)CC(O)([C@@H](OC(=O)c4ccccc4)C2C1)C3(C)C. The number of halogens is 2. The Hall–Kier alpha value is -3.75. The van der Waals surface area contributed by atoms with Crippen molar-refractivity contribution in [1.82, 2.24) is 5.32 Å². The van der Waals surface area contributed by atoms with Gasteiger partial charge in [0.15, 0.2) is 0 Å². The number of ether oxygens (including phenoxy) is 3. The number of aliphatic hydroxyl groups is 2. The zero-order valence-corrected chi connectivity index (χ0v) is 39.9. The van der Waals surface area contributed by atoms with Crippen molar-refractivity contribution in [3.8, 4) is 0 Å². The monoisotopic (exact) mass is 1080 g/mol. The molecule has 0 aliphatic heterocycles. The number of nitrogens with one attached hydrogen (secondary N) is 1. The fourth-order valence-electron chi connectivity index (χ4n) is 9.82. The molecule has 2 bridgehead atoms. The summed E-state index contributed by atoms with van der Waals surface area (Å²) in [6.45, 7) is 10.3. The van der Waals surface area contributed by atoms with Gasteiger partial charge in [-0.2, -0.15) is 0 Å². The Balaban J connectivity index is 1.41. The van der Waals surface area contributed by atoms with Crippen molar-refractivity contribution in [2.45, 2.75) is 101 Å². The van der Waals surface area contributed by atoms with E-state index in [-0.39, 0.29) is 43.2 Å². The van der Waals surface area contributed by atoms with E-state index >= 15 is 4.79 Å². The first-order valence-electron chi connectivity index (χ1n) is 20.6. The average molecular weight is 1080 g/mol. The van der Waals surface area contributed by atoms with E-state index in [0.717, 1.165) is 0 Å². The average Bonchev–Trinajstić information content (AvgIpc) is 3.25. The van der Waals surface area contributed by atoms with Crippen molar-refractivity contribution in [1.29, 1.82) is 0 Å². The van der Waals surface area contributed by atoms with Crippen LogP contribution in [-0.2, 0) is 31.7 Å². The number of rotatable bonds is 14. The Morgan fingerprint density at radius 1 is 0.887 bits per heavy atom. The van der Waals surface area contributed by atoms with Gasteiger partial charge < -0.3 is 0 Å². The van der Waals surface area contributed by atoms with Gasteiger partial charge in [0.05, 0.1) is 0 Å². The van der Waals surface area contributed by atoms with Crippen LogP contribution in [0.5, 0.6) is 0 Å². The van der Waals surface area contributed by atoms with Gasteiger partial charge in [-0.3, -0.25) is 0 Å². The third kappa shape index (κ3) is 9.53. The van der Waals surface area contributed by atoms with E-state index in [2.05, 4.69) is 5.32 Å². The molecule has 62 heavy (non-hydrogen) atoms. The van der Waals surface area contributed by atoms with Crippen LogP contribution in [0.15, 0.2) is 102 Å². The van der Waals surface area contributed by atoms with Crippen LogP contribution in [0.2, 0.25) is 0 Å². The van der Waals surface area contributed by atoms with Crippen LogP contribution in [0.1, 0.15) is 93.1 Å². The molecule has 0 aromatic heterocycles. The third-order valence-electron chi connectivity index (χ3n) is 13.1. The minimum atomic E-state index is -2.01. The number of Topliss-reactive ketones (excluding diaryl/α,β-unsaturated/α-hetero) is 1. The van der Waals surface area contributed by atoms with Crippen LogP contribution < -0.4 is 48.6 Å². The quantitative estimate of drug-likeness (QED) is 0.0512. The van der Waals surface area contributed by atoms with Crippen molar-refractivity contribution >= 4 is 29.6 Å². The van der Waals surface area contributed by atoms with Gasteiger partial charge in [0.25, 0.3) is 0 Å². The van der Waals surface area contributed by atoms with Gasteiger partial charge in [-0.05, 0) is 0 Å². The number of esters is 2. The van der Waals surface area contributed by atoms with Crippen molar-refractivity contribution in [3.63, 3.8) is 0 Å². The Kier molecular flexibility index (Phi) is 15.4. The Labute approximate surface area is 383 Å². The molecule has 10 atom stereocenters. The first-order valence-corrected chi connectivity index (χ1v) is 25.3. The van der Waals surface area contributed by atoms with Gasteiger partial charge >= 0.3 is 380 Å². The standard InChI is InChI=1S/C47H55I2NO12/c1-27-35(60-44(56)38(49-58)39(30-16-10-7-11-17-30)50-42(54)31-18-12-8-13-19-31)26-47(57)41(61-43(55)32-20-14-9-15-21-32)34-24-33(59-23-22-48-62-29(3)51)25-36(52)46(34,6)40(53)28(2)37(27)45(47,4)5/h7-21,28,33-36,38-39,41,52,57-58H,22-26H2,1-6H3,(H,50,54)/q-2/t28?,33-,34?,35?,36?,38?,39?,41-,46?,47?/m0/s1. The Morgan fingerprint density at radius 3 is 2.08 bits per heavy atom. The maximum absolute atomic E-state index is 15.1. The molecule has 3 aliphatic rings. The fraction of sp³-hybridized carbons (Fsp3) is 0.468. The summed E-state index contributed by atoms with van der Waals surface area (Å²) < 4.78 is 34.5. The van der Waals surface area contributed by atoms with Crippen LogP contribution in [0.25, 0.3) is 0 Å². The molecule has 4 N–H and O–H groups in total. The van der Waals surface area contributed by atoms with E-state index in [1.165, 1.54) is 6.92 Å². The predicted molar refractivity (Wildman–Crippen MR) is 218 cm³/mol. The number of alkyl halides is 2. The van der Waals surface area contributed by atoms with Gasteiger partial charge in [-0.25, -0.2) is 0 Å². The van der Waals surface area contributed by atoms with Gasteiger partial charge in [0.2, 0.25) is 0 Å². The van der Waals surface area contributed by atoms with E-state index in [0.29, 0.717) is 26.7 Å². The summed E-state index contributed by atoms with van der Waals surface area (Å²) in [6.07, 6.45) is -4.49. The molecule has 8 unspecified atom stereocenters. The molecule has 1 amide bonds. The minimum absolute atomic E-state index is 0.103. The van der Waals surface area contributed by atoms with E-state index in [9.17, 15) is 32.8 Å². The molecule has 2 fully saturated rings. The summed E-state index contributed by atoms with van der Waals surface area (Å²) in [7, 11) is 0. The van der Waals surface area contributed by atoms with Gasteiger partial charge in [-0.15, -0.1) is 0 Å². The molecule has 0 saturated heterocycles. The molecule has 3 aromatic rings. The van der Waals surface area contributed by atoms with Crippen molar-refractivity contribution in [2.75, 3.05) is 11.0 Å². The topological polar surface area (TPSA) is 195 Å². The van der Waals surface area contributed by atoms with E-state index in [4.69, 9.17) is 17.3 Å². The number of carbonyl (C=O) groups excluding carboxylic acids is 5. The molecular weight excluding hydrogens is 1020 g/mol. The number of hydrogen-bond acceptors (Lipinski definition) is 12. The number of ketones is 1. The van der Waals surface area contributed by atoms with Crippen LogP contribution in [0, 0.1) is 22.7 Å². The molecule has 0 heterocycles. The second-order valence-corrected chi connectivity index (χ2v) is 21.1. The van der Waals surface area contributed by atoms with Crippen molar-refractivity contribution < 1.29 is 98.1 Å². The molecule has 6 rings (SSSR count). The zero-order valence-electron chi connectivity index (χ0n) is 35.6. The first kappa shape index (κ1) is 47.7. The molecule has 13 nitrogen and oxygen atoms in total. The number of hydrogen-bond donors (Lipinski definition) is 4. The summed E-state index contributed by atoms with van der Waals surface area (Å²) in [5.41, 5.74) is -2.63. The van der Waals surface area contributed by atoms with Crippen LogP contribution >= 0.6 is 0 Å². The van der Waals surface area contributed by atoms with Gasteiger partial charge in [0.1, 0.15) is 0 Å². The number of benzene rings is 3. The first-order chi connectivity index (χ1) is 29.4.